The van der Waals surface area contributed by atoms with Gasteiger partial charge in [-0.25, -0.2) is 14.6 Å². The van der Waals surface area contributed by atoms with Crippen molar-refractivity contribution in [1.82, 2.24) is 24.8 Å². The van der Waals surface area contributed by atoms with E-state index >= 15 is 0 Å². The molecular weight excluding hydrogens is 1150 g/mol. The summed E-state index contributed by atoms with van der Waals surface area (Å²) in [6, 6.07) is 38.4. The van der Waals surface area contributed by atoms with Crippen LogP contribution in [0.25, 0.3) is 0 Å². The van der Waals surface area contributed by atoms with E-state index in [1.165, 1.54) is 63.4 Å². The Morgan fingerprint density at radius 1 is 0.805 bits per heavy atom. The molecule has 5 aromatic carbocycles. The van der Waals surface area contributed by atoms with Crippen LogP contribution in [0.1, 0.15) is 72.9 Å². The molecule has 0 saturated carbocycles. The number of amides is 2. The van der Waals surface area contributed by atoms with Crippen LogP contribution >= 0.6 is 58.2 Å². The number of nitrogens with zero attached hydrogens (tertiary/aromatic N) is 5. The summed E-state index contributed by atoms with van der Waals surface area (Å²) in [7, 11) is 1.55. The fourth-order valence-corrected chi connectivity index (χ4v) is 13.1. The lowest BCUT2D eigenvalue weighted by Gasteiger charge is -2.49. The minimum atomic E-state index is -1.13. The van der Waals surface area contributed by atoms with Gasteiger partial charge < -0.3 is 39.2 Å². The Morgan fingerprint density at radius 3 is 2.04 bits per heavy atom. The maximum absolute atomic E-state index is 14.9. The van der Waals surface area contributed by atoms with Gasteiger partial charge in [-0.05, 0) is 84.4 Å². The summed E-state index contributed by atoms with van der Waals surface area (Å²) in [6.07, 6.45) is 1.62. The highest BCUT2D eigenvalue weighted by atomic mass is 32.2. The summed E-state index contributed by atoms with van der Waals surface area (Å²) in [4.78, 5) is 94.4. The quantitative estimate of drug-likeness (QED) is 0.00739. The average molecular weight is 1200 g/mol. The lowest BCUT2D eigenvalue weighted by atomic mass is 9.77. The second kappa shape index (κ2) is 26.3. The first kappa shape index (κ1) is 58.6. The van der Waals surface area contributed by atoms with Crippen LogP contribution in [0.15, 0.2) is 165 Å². The molecule has 0 aliphatic carbocycles. The number of fused-ring (bicyclic) bond motifs is 1. The van der Waals surface area contributed by atoms with E-state index in [0.29, 0.717) is 33.5 Å². The van der Waals surface area contributed by atoms with Crippen LogP contribution < -0.4 is 24.8 Å². The molecule has 0 unspecified atom stereocenters. The minimum Gasteiger partial charge on any atom is -0.497 e. The lowest BCUT2D eigenvalue weighted by Crippen LogP contribution is -2.71. The van der Waals surface area contributed by atoms with Crippen LogP contribution in [0.3, 0.4) is 0 Å². The first-order chi connectivity index (χ1) is 39.5. The summed E-state index contributed by atoms with van der Waals surface area (Å²) >= 11 is 6.14. The zero-order valence-corrected chi connectivity index (χ0v) is 49.0. The molecule has 1 fully saturated rings. The Bertz CT molecular complexity index is 3430. The first-order valence-corrected chi connectivity index (χ1v) is 29.9. The summed E-state index contributed by atoms with van der Waals surface area (Å²) < 4.78 is 32.4. The Balaban J connectivity index is 1.04. The predicted molar refractivity (Wildman–Crippen MR) is 313 cm³/mol. The number of thiazole rings is 1. The third-order valence-corrected chi connectivity index (χ3v) is 17.2. The van der Waals surface area contributed by atoms with Crippen molar-refractivity contribution in [2.75, 3.05) is 29.9 Å². The fraction of sp³-hybridized carbons (Fsp3) is 0.241. The van der Waals surface area contributed by atoms with Crippen molar-refractivity contribution in [2.45, 2.75) is 72.9 Å². The summed E-state index contributed by atoms with van der Waals surface area (Å²) in [6.45, 7) is 7.18. The highest BCUT2D eigenvalue weighted by molar-refractivity contribution is 8.02. The van der Waals surface area contributed by atoms with Crippen molar-refractivity contribution < 1.29 is 57.3 Å². The zero-order chi connectivity index (χ0) is 58.0. The molecule has 4 heterocycles. The van der Waals surface area contributed by atoms with E-state index in [4.69, 9.17) is 33.5 Å². The van der Waals surface area contributed by atoms with E-state index in [9.17, 15) is 28.8 Å². The van der Waals surface area contributed by atoms with E-state index in [0.717, 1.165) is 46.5 Å². The number of aromatic nitrogens is 3. The molecule has 0 spiro atoms. The van der Waals surface area contributed by atoms with Gasteiger partial charge in [0.15, 0.2) is 28.3 Å². The number of oxime groups is 1. The van der Waals surface area contributed by atoms with Crippen molar-refractivity contribution in [2.24, 2.45) is 5.16 Å². The van der Waals surface area contributed by atoms with Gasteiger partial charge in [-0.2, -0.15) is 0 Å². The van der Waals surface area contributed by atoms with Crippen LogP contribution in [-0.4, -0.2) is 102 Å². The van der Waals surface area contributed by atoms with Gasteiger partial charge in [-0.15, -0.1) is 40.0 Å². The molecule has 2 N–H and O–H groups in total. The Labute approximate surface area is 492 Å². The molecule has 24 heteroatoms. The maximum atomic E-state index is 14.9. The standard InChI is InChI=1S/C58H53N7O12S5/c1-34(66)75-43-26-27-44(46(50(43)76-35(2)67)54(70)77-57(3,4)5)81-33-74-63-47(42-32-80-56(60-42)62-58(38-16-10-7-11-17-38,39-18-12-8-13-19-39)40-20-14-9-15-21-40)51(68)61-48-52(69)65-49(55(71)73-29-36-22-24-41(72-6)25-23-36)37(31-79-53(48)65)30-78-45-28-59-64-82-45/h7-28,32,48,53H,29-31,33H2,1-6H3,(H,60,62)(H,61,68)/b63-47-/t48-,53+/m1/s1. The number of hydrogen-bond donors (Lipinski definition) is 2. The summed E-state index contributed by atoms with van der Waals surface area (Å²) in [5, 5.41) is 16.2. The fourth-order valence-electron chi connectivity index (χ4n) is 8.75. The van der Waals surface area contributed by atoms with Crippen LogP contribution in [0, 0.1) is 0 Å². The monoisotopic (exact) mass is 1200 g/mol. The molecule has 2 amide bonds. The van der Waals surface area contributed by atoms with Gasteiger partial charge in [0.25, 0.3) is 11.8 Å². The van der Waals surface area contributed by atoms with Gasteiger partial charge in [0, 0.05) is 35.6 Å². The third kappa shape index (κ3) is 13.6. The Kier molecular flexibility index (Phi) is 18.8. The van der Waals surface area contributed by atoms with Gasteiger partial charge in [0.1, 0.15) is 56.1 Å². The maximum Gasteiger partial charge on any atom is 0.355 e. The van der Waals surface area contributed by atoms with Crippen molar-refractivity contribution in [3.8, 4) is 17.2 Å². The third-order valence-electron chi connectivity index (χ3n) is 12.3. The molecule has 19 nitrogen and oxygen atoms in total. The number of carbonyl (C=O) groups excluding carboxylic acids is 6. The molecule has 0 radical (unpaired) electrons. The van der Waals surface area contributed by atoms with Crippen molar-refractivity contribution in [3.05, 3.63) is 184 Å². The van der Waals surface area contributed by atoms with E-state index in [1.54, 1.807) is 63.7 Å². The molecule has 2 atom stereocenters. The number of esters is 4. The molecule has 7 aromatic rings. The van der Waals surface area contributed by atoms with Crippen LogP contribution in [0.2, 0.25) is 0 Å². The number of hydrogen-bond acceptors (Lipinski definition) is 22. The molecule has 2 aromatic heterocycles. The largest absolute Gasteiger partial charge is 0.497 e. The van der Waals surface area contributed by atoms with E-state index in [-0.39, 0.29) is 51.6 Å². The van der Waals surface area contributed by atoms with Crippen LogP contribution in [-0.2, 0) is 50.4 Å². The first-order valence-electron chi connectivity index (χ1n) is 25.2. The average Bonchev–Trinajstić information content (AvgIpc) is 4.37. The smallest absolute Gasteiger partial charge is 0.355 e. The second-order valence-electron chi connectivity index (χ2n) is 19.1. The molecule has 9 rings (SSSR count). The van der Waals surface area contributed by atoms with Crippen molar-refractivity contribution in [1.29, 1.82) is 0 Å². The minimum absolute atomic E-state index is 0.0768. The number of ether oxygens (including phenoxy) is 5. The number of β-lactam (4-membered cyclic amide) rings is 1. The van der Waals surface area contributed by atoms with Gasteiger partial charge in [-0.1, -0.05) is 125 Å². The number of rotatable bonds is 22. The van der Waals surface area contributed by atoms with Crippen LogP contribution in [0.4, 0.5) is 5.13 Å². The van der Waals surface area contributed by atoms with E-state index in [1.807, 2.05) is 91.0 Å². The zero-order valence-electron chi connectivity index (χ0n) is 44.9. The topological polar surface area (TPSA) is 236 Å². The number of benzene rings is 5. The number of thioether (sulfide) groups is 3. The number of anilines is 1. The molecule has 422 valence electrons. The molecule has 82 heavy (non-hydrogen) atoms. The summed E-state index contributed by atoms with van der Waals surface area (Å²) in [5.74, 6) is -4.13. The summed E-state index contributed by atoms with van der Waals surface area (Å²) in [5.41, 5.74) is 1.69. The molecule has 1 saturated heterocycles. The van der Waals surface area contributed by atoms with Gasteiger partial charge >= 0.3 is 23.9 Å². The normalized spacial score (nSPS) is 15.1. The van der Waals surface area contributed by atoms with Crippen molar-refractivity contribution >= 4 is 105 Å². The molecule has 0 bridgehead atoms. The molecule has 2 aliphatic heterocycles. The predicted octanol–water partition coefficient (Wildman–Crippen LogP) is 9.87. The molecule has 2 aliphatic rings. The van der Waals surface area contributed by atoms with E-state index in [2.05, 4.69) is 25.4 Å². The highest BCUT2D eigenvalue weighted by Crippen LogP contribution is 2.44. The molecular formula is C58H53N7O12S5. The van der Waals surface area contributed by atoms with Gasteiger partial charge in [-0.3, -0.25) is 24.1 Å². The number of methoxy groups -OCH3 is 1. The van der Waals surface area contributed by atoms with Crippen molar-refractivity contribution in [3.63, 3.8) is 0 Å². The Morgan fingerprint density at radius 2 is 1.45 bits per heavy atom. The Hall–Kier alpha value is -8.03. The van der Waals surface area contributed by atoms with Gasteiger partial charge in [0.2, 0.25) is 0 Å². The van der Waals surface area contributed by atoms with Crippen LogP contribution in [0.5, 0.6) is 17.2 Å². The number of carbonyl (C=O) groups is 6. The highest BCUT2D eigenvalue weighted by Gasteiger charge is 2.55. The second-order valence-corrected chi connectivity index (χ2v) is 24.0. The SMILES string of the molecule is COc1ccc(COC(=O)C2=C(CSc3cnns3)CS[C@H]3[C@H](NC(=O)/C(=N\OCSc4ccc(OC(C)=O)c(OC(C)=O)c4C(=O)OC(C)(C)C)c4csc(NC(c5ccccc5)(c5ccccc5)c5ccccc5)n4)C(=O)N23)cc1. The van der Waals surface area contributed by atoms with Gasteiger partial charge in [0.05, 0.1) is 13.3 Å². The number of nitrogens with one attached hydrogen (secondary N) is 2. The lowest BCUT2D eigenvalue weighted by molar-refractivity contribution is -0.153. The van der Waals surface area contributed by atoms with E-state index < -0.39 is 58.2 Å².